The first kappa shape index (κ1) is 16.4. The molecule has 8 nitrogen and oxygen atoms in total. The fraction of sp³-hybridized carbons (Fsp3) is 0.176. The Morgan fingerprint density at radius 2 is 2.08 bits per heavy atom. The summed E-state index contributed by atoms with van der Waals surface area (Å²) in [7, 11) is 0. The van der Waals surface area contributed by atoms with Gasteiger partial charge in [0.1, 0.15) is 0 Å². The van der Waals surface area contributed by atoms with Crippen molar-refractivity contribution in [2.24, 2.45) is 0 Å². The number of hydrogen-bond acceptors (Lipinski definition) is 6. The number of ketones is 1. The lowest BCUT2D eigenvalue weighted by Crippen LogP contribution is -2.05. The number of hydrogen-bond donors (Lipinski definition) is 2. The van der Waals surface area contributed by atoms with Gasteiger partial charge in [-0.25, -0.2) is 4.79 Å². The van der Waals surface area contributed by atoms with Crippen molar-refractivity contribution in [2.45, 2.75) is 18.6 Å². The molecule has 0 radical (unpaired) electrons. The molecular formula is C17H15N5O3S. The number of H-pyrrole nitrogens is 2. The Morgan fingerprint density at radius 3 is 2.85 bits per heavy atom. The monoisotopic (exact) mass is 369 g/mol. The summed E-state index contributed by atoms with van der Waals surface area (Å²) in [5, 5.41) is 9.00. The lowest BCUT2D eigenvalue weighted by atomic mass is 10.1. The van der Waals surface area contributed by atoms with Crippen LogP contribution in [0.25, 0.3) is 22.6 Å². The minimum absolute atomic E-state index is 0.0517. The highest BCUT2D eigenvalue weighted by Crippen LogP contribution is 2.25. The molecule has 4 aromatic rings. The largest absolute Gasteiger partial charge is 0.461 e. The summed E-state index contributed by atoms with van der Waals surface area (Å²) < 4.78 is 7.29. The van der Waals surface area contributed by atoms with Crippen molar-refractivity contribution >= 4 is 28.6 Å². The van der Waals surface area contributed by atoms with Gasteiger partial charge in [0.15, 0.2) is 22.5 Å². The van der Waals surface area contributed by atoms with Crippen molar-refractivity contribution in [1.29, 1.82) is 0 Å². The number of carbonyl (C=O) groups excluding carboxylic acids is 1. The van der Waals surface area contributed by atoms with Crippen LogP contribution in [0.15, 0.2) is 51.0 Å². The van der Waals surface area contributed by atoms with Gasteiger partial charge in [0.25, 0.3) is 0 Å². The normalized spacial score (nSPS) is 11.3. The van der Waals surface area contributed by atoms with E-state index in [9.17, 15) is 9.59 Å². The number of carbonyl (C=O) groups is 1. The summed E-state index contributed by atoms with van der Waals surface area (Å²) in [5.41, 5.74) is 1.53. The van der Waals surface area contributed by atoms with Crippen LogP contribution in [-0.4, -0.2) is 36.3 Å². The third kappa shape index (κ3) is 2.97. The second-order valence-electron chi connectivity index (χ2n) is 5.58. The standard InChI is InChI=1S/C17H15N5O3S/c1-2-22-15(14-4-3-7-25-14)20-21-17(22)26-9-13(23)10-5-6-11-12(8-10)19-16(24)18-11/h3-8H,2,9H2,1H3,(H2,18,19,24). The van der Waals surface area contributed by atoms with Gasteiger partial charge in [-0.05, 0) is 37.3 Å². The Labute approximate surface area is 151 Å². The van der Waals surface area contributed by atoms with Crippen LogP contribution < -0.4 is 5.69 Å². The number of imidazole rings is 1. The molecule has 0 aliphatic heterocycles. The molecule has 26 heavy (non-hydrogen) atoms. The summed E-state index contributed by atoms with van der Waals surface area (Å²) in [5.74, 6) is 1.44. The highest BCUT2D eigenvalue weighted by atomic mass is 32.2. The second-order valence-corrected chi connectivity index (χ2v) is 6.52. The lowest BCUT2D eigenvalue weighted by Gasteiger charge is -2.05. The fourth-order valence-corrected chi connectivity index (χ4v) is 3.58. The second kappa shape index (κ2) is 6.68. The van der Waals surface area contributed by atoms with E-state index >= 15 is 0 Å². The molecule has 1 aromatic carbocycles. The Kier molecular flexibility index (Phi) is 4.21. The summed E-state index contributed by atoms with van der Waals surface area (Å²) >= 11 is 1.32. The topological polar surface area (TPSA) is 110 Å². The minimum atomic E-state index is -0.291. The highest BCUT2D eigenvalue weighted by Gasteiger charge is 2.17. The molecule has 4 rings (SSSR count). The number of nitrogens with one attached hydrogen (secondary N) is 2. The van der Waals surface area contributed by atoms with E-state index in [2.05, 4.69) is 20.2 Å². The maximum atomic E-state index is 12.5. The van der Waals surface area contributed by atoms with Gasteiger partial charge in [-0.3, -0.25) is 9.36 Å². The molecule has 0 aliphatic carbocycles. The van der Waals surface area contributed by atoms with Gasteiger partial charge in [0.05, 0.1) is 23.0 Å². The number of benzene rings is 1. The maximum absolute atomic E-state index is 12.5. The molecule has 3 heterocycles. The zero-order valence-corrected chi connectivity index (χ0v) is 14.7. The Hall–Kier alpha value is -3.07. The highest BCUT2D eigenvalue weighted by molar-refractivity contribution is 7.99. The fourth-order valence-electron chi connectivity index (χ4n) is 2.69. The Balaban J connectivity index is 1.53. The summed E-state index contributed by atoms with van der Waals surface area (Å²) in [4.78, 5) is 29.1. The molecule has 0 aliphatic rings. The molecule has 0 saturated heterocycles. The van der Waals surface area contributed by atoms with Gasteiger partial charge in [-0.15, -0.1) is 10.2 Å². The van der Waals surface area contributed by atoms with E-state index < -0.39 is 0 Å². The van der Waals surface area contributed by atoms with Crippen molar-refractivity contribution in [1.82, 2.24) is 24.7 Å². The number of aromatic amines is 2. The van der Waals surface area contributed by atoms with E-state index in [4.69, 9.17) is 4.42 Å². The lowest BCUT2D eigenvalue weighted by molar-refractivity contribution is 0.102. The van der Waals surface area contributed by atoms with E-state index in [1.54, 1.807) is 30.5 Å². The Morgan fingerprint density at radius 1 is 1.23 bits per heavy atom. The third-order valence-corrected chi connectivity index (χ3v) is 4.91. The van der Waals surface area contributed by atoms with Crippen LogP contribution in [-0.2, 0) is 6.54 Å². The molecule has 0 spiro atoms. The molecule has 0 fully saturated rings. The van der Waals surface area contributed by atoms with E-state index in [-0.39, 0.29) is 17.2 Å². The van der Waals surface area contributed by atoms with Gasteiger partial charge in [0, 0.05) is 12.1 Å². The molecule has 0 saturated carbocycles. The average molecular weight is 369 g/mol. The van der Waals surface area contributed by atoms with Crippen LogP contribution in [0.1, 0.15) is 17.3 Å². The van der Waals surface area contributed by atoms with Gasteiger partial charge in [0.2, 0.25) is 0 Å². The minimum Gasteiger partial charge on any atom is -0.461 e. The number of Topliss-reactive ketones (excluding diaryl/α,β-unsaturated/α-hetero) is 1. The van der Waals surface area contributed by atoms with E-state index in [0.29, 0.717) is 39.9 Å². The zero-order valence-electron chi connectivity index (χ0n) is 13.9. The van der Waals surface area contributed by atoms with Crippen molar-refractivity contribution in [3.8, 4) is 11.6 Å². The maximum Gasteiger partial charge on any atom is 0.323 e. The van der Waals surface area contributed by atoms with Gasteiger partial charge in [-0.2, -0.15) is 0 Å². The van der Waals surface area contributed by atoms with E-state index in [1.807, 2.05) is 17.6 Å². The molecule has 0 bridgehead atoms. The first-order valence-electron chi connectivity index (χ1n) is 8.01. The molecule has 3 aromatic heterocycles. The third-order valence-electron chi connectivity index (χ3n) is 3.94. The first-order chi connectivity index (χ1) is 12.7. The van der Waals surface area contributed by atoms with Gasteiger partial charge >= 0.3 is 5.69 Å². The quantitative estimate of drug-likeness (QED) is 0.399. The smallest absolute Gasteiger partial charge is 0.323 e. The average Bonchev–Trinajstić information content (AvgIpc) is 3.36. The van der Waals surface area contributed by atoms with Crippen LogP contribution in [0.4, 0.5) is 0 Å². The molecule has 132 valence electrons. The number of aromatic nitrogens is 5. The molecule has 0 unspecified atom stereocenters. The summed E-state index contributed by atoms with van der Waals surface area (Å²) in [6.45, 7) is 2.65. The summed E-state index contributed by atoms with van der Waals surface area (Å²) in [6.07, 6.45) is 1.59. The predicted molar refractivity (Wildman–Crippen MR) is 97.4 cm³/mol. The number of fused-ring (bicyclic) bond motifs is 1. The van der Waals surface area contributed by atoms with Crippen molar-refractivity contribution in [3.63, 3.8) is 0 Å². The van der Waals surface area contributed by atoms with E-state index in [0.717, 1.165) is 0 Å². The molecule has 9 heteroatoms. The van der Waals surface area contributed by atoms with Crippen molar-refractivity contribution in [3.05, 3.63) is 52.6 Å². The van der Waals surface area contributed by atoms with Crippen LogP contribution in [0, 0.1) is 0 Å². The SMILES string of the molecule is CCn1c(SCC(=O)c2ccc3[nH]c(=O)[nH]c3c2)nnc1-c1ccco1. The number of furan rings is 1. The van der Waals surface area contributed by atoms with Gasteiger partial charge in [-0.1, -0.05) is 11.8 Å². The van der Waals surface area contributed by atoms with Crippen molar-refractivity contribution < 1.29 is 9.21 Å². The van der Waals surface area contributed by atoms with E-state index in [1.165, 1.54) is 11.8 Å². The van der Waals surface area contributed by atoms with Crippen LogP contribution >= 0.6 is 11.8 Å². The number of nitrogens with zero attached hydrogens (tertiary/aromatic N) is 3. The summed E-state index contributed by atoms with van der Waals surface area (Å²) in [6, 6.07) is 8.71. The predicted octanol–water partition coefficient (Wildman–Crippen LogP) is 2.70. The van der Waals surface area contributed by atoms with Crippen LogP contribution in [0.3, 0.4) is 0 Å². The zero-order chi connectivity index (χ0) is 18.1. The van der Waals surface area contributed by atoms with Gasteiger partial charge < -0.3 is 14.4 Å². The molecule has 0 amide bonds. The number of rotatable bonds is 6. The molecular weight excluding hydrogens is 354 g/mol. The Bertz CT molecular complexity index is 1120. The molecule has 0 atom stereocenters. The van der Waals surface area contributed by atoms with Crippen molar-refractivity contribution in [2.75, 3.05) is 5.75 Å². The number of thioether (sulfide) groups is 1. The van der Waals surface area contributed by atoms with Crippen LogP contribution in [0.5, 0.6) is 0 Å². The van der Waals surface area contributed by atoms with Crippen LogP contribution in [0.2, 0.25) is 0 Å². The molecule has 2 N–H and O–H groups in total. The first-order valence-corrected chi connectivity index (χ1v) is 8.99.